The summed E-state index contributed by atoms with van der Waals surface area (Å²) in [5.41, 5.74) is 1.27. The van der Waals surface area contributed by atoms with Gasteiger partial charge >= 0.3 is 5.97 Å². The standard InChI is InChI=1S/C20H18ClFN2O4/c1-12(19(26)23-14-6-9-17(22)16(21)11-14)28-20(27)13-4-7-15(8-5-13)24-10-2-3-18(24)25/h4-9,11-12H,2-3,10H2,1H3,(H,23,26)/t12-/m0/s1. The van der Waals surface area contributed by atoms with E-state index in [4.69, 9.17) is 16.3 Å². The molecular formula is C20H18ClFN2O4. The van der Waals surface area contributed by atoms with E-state index in [1.165, 1.54) is 19.1 Å². The lowest BCUT2D eigenvalue weighted by atomic mass is 10.2. The van der Waals surface area contributed by atoms with E-state index in [0.29, 0.717) is 18.7 Å². The van der Waals surface area contributed by atoms with Crippen molar-refractivity contribution in [3.63, 3.8) is 0 Å². The Balaban J connectivity index is 1.59. The number of benzene rings is 2. The average Bonchev–Trinajstić information content (AvgIpc) is 3.10. The van der Waals surface area contributed by atoms with E-state index in [1.807, 2.05) is 0 Å². The van der Waals surface area contributed by atoms with Gasteiger partial charge < -0.3 is 15.0 Å². The van der Waals surface area contributed by atoms with E-state index in [0.717, 1.165) is 18.2 Å². The number of anilines is 2. The molecule has 0 bridgehead atoms. The lowest BCUT2D eigenvalue weighted by molar-refractivity contribution is -0.123. The highest BCUT2D eigenvalue weighted by molar-refractivity contribution is 6.31. The van der Waals surface area contributed by atoms with E-state index in [1.54, 1.807) is 29.2 Å². The van der Waals surface area contributed by atoms with Crippen molar-refractivity contribution in [2.75, 3.05) is 16.8 Å². The Kier molecular flexibility index (Phi) is 5.94. The fourth-order valence-corrected chi connectivity index (χ4v) is 2.98. The summed E-state index contributed by atoms with van der Waals surface area (Å²) in [7, 11) is 0. The first-order chi connectivity index (χ1) is 13.3. The van der Waals surface area contributed by atoms with Gasteiger partial charge in [-0.05, 0) is 55.8 Å². The second-order valence-corrected chi connectivity index (χ2v) is 6.77. The van der Waals surface area contributed by atoms with E-state index in [9.17, 15) is 18.8 Å². The molecule has 0 radical (unpaired) electrons. The molecule has 146 valence electrons. The van der Waals surface area contributed by atoms with Gasteiger partial charge in [-0.15, -0.1) is 0 Å². The second-order valence-electron chi connectivity index (χ2n) is 6.36. The maximum Gasteiger partial charge on any atom is 0.338 e. The molecule has 1 aliphatic rings. The number of carbonyl (C=O) groups is 3. The van der Waals surface area contributed by atoms with Crippen molar-refractivity contribution in [2.24, 2.45) is 0 Å². The van der Waals surface area contributed by atoms with Gasteiger partial charge in [0.15, 0.2) is 6.10 Å². The van der Waals surface area contributed by atoms with Gasteiger partial charge in [0.25, 0.3) is 5.91 Å². The van der Waals surface area contributed by atoms with Crippen molar-refractivity contribution in [2.45, 2.75) is 25.9 Å². The van der Waals surface area contributed by atoms with Crippen molar-refractivity contribution in [3.05, 3.63) is 58.9 Å². The molecule has 1 aliphatic heterocycles. The molecule has 2 aromatic carbocycles. The van der Waals surface area contributed by atoms with Gasteiger partial charge in [-0.25, -0.2) is 9.18 Å². The predicted octanol–water partition coefficient (Wildman–Crippen LogP) is 3.79. The summed E-state index contributed by atoms with van der Waals surface area (Å²) < 4.78 is 18.3. The zero-order valence-corrected chi connectivity index (χ0v) is 15.8. The van der Waals surface area contributed by atoms with Gasteiger partial charge in [0.1, 0.15) is 5.82 Å². The van der Waals surface area contributed by atoms with E-state index in [-0.39, 0.29) is 16.5 Å². The summed E-state index contributed by atoms with van der Waals surface area (Å²) in [6, 6.07) is 10.2. The van der Waals surface area contributed by atoms with Gasteiger partial charge in [-0.3, -0.25) is 9.59 Å². The molecule has 0 aromatic heterocycles. The predicted molar refractivity (Wildman–Crippen MR) is 103 cm³/mol. The summed E-state index contributed by atoms with van der Waals surface area (Å²) in [6.07, 6.45) is 0.265. The first-order valence-electron chi connectivity index (χ1n) is 8.72. The largest absolute Gasteiger partial charge is 0.449 e. The van der Waals surface area contributed by atoms with Gasteiger partial charge in [-0.2, -0.15) is 0 Å². The maximum absolute atomic E-state index is 13.2. The highest BCUT2D eigenvalue weighted by Gasteiger charge is 2.23. The van der Waals surface area contributed by atoms with Crippen molar-refractivity contribution in [1.82, 2.24) is 0 Å². The molecule has 0 saturated carbocycles. The molecule has 2 amide bonds. The third kappa shape index (κ3) is 4.48. The van der Waals surface area contributed by atoms with Crippen LogP contribution in [0.3, 0.4) is 0 Å². The Morgan fingerprint density at radius 1 is 1.21 bits per heavy atom. The van der Waals surface area contributed by atoms with E-state index >= 15 is 0 Å². The quantitative estimate of drug-likeness (QED) is 0.769. The zero-order chi connectivity index (χ0) is 20.3. The number of rotatable bonds is 5. The topological polar surface area (TPSA) is 75.7 Å². The van der Waals surface area contributed by atoms with Crippen LogP contribution in [0.4, 0.5) is 15.8 Å². The number of hydrogen-bond donors (Lipinski definition) is 1. The molecule has 0 spiro atoms. The summed E-state index contributed by atoms with van der Waals surface area (Å²) in [5.74, 6) is -1.78. The molecule has 28 heavy (non-hydrogen) atoms. The fourth-order valence-electron chi connectivity index (χ4n) is 2.80. The Bertz CT molecular complexity index is 917. The summed E-state index contributed by atoms with van der Waals surface area (Å²) in [6.45, 7) is 2.09. The number of nitrogens with zero attached hydrogens (tertiary/aromatic N) is 1. The molecule has 1 atom stereocenters. The molecule has 8 heteroatoms. The lowest BCUT2D eigenvalue weighted by Gasteiger charge is -2.16. The minimum absolute atomic E-state index is 0.0570. The number of esters is 1. The fraction of sp³-hybridized carbons (Fsp3) is 0.250. The Labute approximate surface area is 166 Å². The highest BCUT2D eigenvalue weighted by Crippen LogP contribution is 2.22. The minimum Gasteiger partial charge on any atom is -0.449 e. The van der Waals surface area contributed by atoms with E-state index in [2.05, 4.69) is 5.32 Å². The van der Waals surface area contributed by atoms with Crippen LogP contribution >= 0.6 is 11.6 Å². The van der Waals surface area contributed by atoms with Crippen LogP contribution in [0, 0.1) is 5.82 Å². The highest BCUT2D eigenvalue weighted by atomic mass is 35.5. The normalized spacial score (nSPS) is 14.7. The molecule has 6 nitrogen and oxygen atoms in total. The number of hydrogen-bond acceptors (Lipinski definition) is 4. The number of nitrogens with one attached hydrogen (secondary N) is 1. The van der Waals surface area contributed by atoms with Crippen LogP contribution in [0.15, 0.2) is 42.5 Å². The SMILES string of the molecule is C[C@H](OC(=O)c1ccc(N2CCCC2=O)cc1)C(=O)Nc1ccc(F)c(Cl)c1. The van der Waals surface area contributed by atoms with Crippen LogP contribution in [-0.4, -0.2) is 30.4 Å². The molecule has 2 aromatic rings. The van der Waals surface area contributed by atoms with E-state index < -0.39 is 23.8 Å². The van der Waals surface area contributed by atoms with Crippen LogP contribution < -0.4 is 10.2 Å². The Morgan fingerprint density at radius 3 is 2.54 bits per heavy atom. The van der Waals surface area contributed by atoms with Crippen LogP contribution in [0.25, 0.3) is 0 Å². The number of ether oxygens (including phenoxy) is 1. The van der Waals surface area contributed by atoms with Crippen molar-refractivity contribution >= 4 is 40.8 Å². The second kappa shape index (κ2) is 8.39. The zero-order valence-electron chi connectivity index (χ0n) is 15.1. The summed E-state index contributed by atoms with van der Waals surface area (Å²) >= 11 is 5.67. The van der Waals surface area contributed by atoms with Crippen LogP contribution in [0.1, 0.15) is 30.1 Å². The van der Waals surface area contributed by atoms with Gasteiger partial charge in [0, 0.05) is 24.3 Å². The average molecular weight is 405 g/mol. The number of halogens is 2. The summed E-state index contributed by atoms with van der Waals surface area (Å²) in [5, 5.41) is 2.38. The summed E-state index contributed by atoms with van der Waals surface area (Å²) in [4.78, 5) is 37.9. The van der Waals surface area contributed by atoms with Crippen molar-refractivity contribution in [3.8, 4) is 0 Å². The first kappa shape index (κ1) is 19.8. The number of amides is 2. The third-order valence-electron chi connectivity index (χ3n) is 4.33. The Hall–Kier alpha value is -2.93. The molecule has 1 fully saturated rings. The van der Waals surface area contributed by atoms with Crippen molar-refractivity contribution in [1.29, 1.82) is 0 Å². The third-order valence-corrected chi connectivity index (χ3v) is 4.62. The first-order valence-corrected chi connectivity index (χ1v) is 9.10. The monoisotopic (exact) mass is 404 g/mol. The molecule has 1 N–H and O–H groups in total. The van der Waals surface area contributed by atoms with Gasteiger partial charge in [-0.1, -0.05) is 11.6 Å². The molecular weight excluding hydrogens is 387 g/mol. The van der Waals surface area contributed by atoms with Crippen LogP contribution in [0.2, 0.25) is 5.02 Å². The molecule has 1 heterocycles. The lowest BCUT2D eigenvalue weighted by Crippen LogP contribution is -2.30. The van der Waals surface area contributed by atoms with Crippen LogP contribution in [0.5, 0.6) is 0 Å². The van der Waals surface area contributed by atoms with Crippen molar-refractivity contribution < 1.29 is 23.5 Å². The molecule has 0 unspecified atom stereocenters. The van der Waals surface area contributed by atoms with Gasteiger partial charge in [0.2, 0.25) is 5.91 Å². The Morgan fingerprint density at radius 2 is 1.93 bits per heavy atom. The van der Waals surface area contributed by atoms with Gasteiger partial charge in [0.05, 0.1) is 10.6 Å². The molecule has 3 rings (SSSR count). The molecule has 0 aliphatic carbocycles. The smallest absolute Gasteiger partial charge is 0.338 e. The van der Waals surface area contributed by atoms with Crippen LogP contribution in [-0.2, 0) is 14.3 Å². The minimum atomic E-state index is -1.07. The molecule has 1 saturated heterocycles. The number of carbonyl (C=O) groups excluding carboxylic acids is 3. The maximum atomic E-state index is 13.2.